The van der Waals surface area contributed by atoms with Crippen molar-refractivity contribution < 1.29 is 5.11 Å². The summed E-state index contributed by atoms with van der Waals surface area (Å²) in [5, 5.41) is 22.5. The van der Waals surface area contributed by atoms with E-state index in [-0.39, 0.29) is 0 Å². The standard InChI is InChI=1S/C17H21N3O/c1-12-6-4-5-7-16(12)17(21)11-19-10-14-8-15(9-18)20(3)13(14)2/h4-8,17,19,21H,10-11H2,1-3H3. The quantitative estimate of drug-likeness (QED) is 0.885. The van der Waals surface area contributed by atoms with E-state index in [0.717, 1.165) is 22.4 Å². The van der Waals surface area contributed by atoms with E-state index in [1.165, 1.54) is 0 Å². The molecule has 4 heteroatoms. The molecule has 0 bridgehead atoms. The molecule has 1 unspecified atom stereocenters. The third-order valence-corrected chi connectivity index (χ3v) is 3.96. The summed E-state index contributed by atoms with van der Waals surface area (Å²) in [6.07, 6.45) is -0.523. The lowest BCUT2D eigenvalue weighted by Gasteiger charge is -2.14. The number of nitrogens with zero attached hydrogens (tertiary/aromatic N) is 2. The lowest BCUT2D eigenvalue weighted by Crippen LogP contribution is -2.21. The van der Waals surface area contributed by atoms with Crippen molar-refractivity contribution in [1.29, 1.82) is 5.26 Å². The monoisotopic (exact) mass is 283 g/mol. The zero-order valence-corrected chi connectivity index (χ0v) is 12.7. The minimum absolute atomic E-state index is 0.487. The molecule has 21 heavy (non-hydrogen) atoms. The number of hydrogen-bond donors (Lipinski definition) is 2. The van der Waals surface area contributed by atoms with Gasteiger partial charge in [0.05, 0.1) is 6.10 Å². The molecule has 1 aromatic heterocycles. The Morgan fingerprint density at radius 1 is 1.33 bits per heavy atom. The SMILES string of the molecule is Cc1ccccc1C(O)CNCc1cc(C#N)n(C)c1C. The molecule has 2 N–H and O–H groups in total. The minimum atomic E-state index is -0.523. The maximum absolute atomic E-state index is 10.2. The minimum Gasteiger partial charge on any atom is -0.387 e. The summed E-state index contributed by atoms with van der Waals surface area (Å²) >= 11 is 0. The van der Waals surface area contributed by atoms with Crippen molar-refractivity contribution in [3.8, 4) is 6.07 Å². The van der Waals surface area contributed by atoms with Crippen molar-refractivity contribution >= 4 is 0 Å². The molecule has 0 spiro atoms. The van der Waals surface area contributed by atoms with Crippen molar-refractivity contribution in [3.05, 3.63) is 58.4 Å². The Kier molecular flexibility index (Phi) is 4.79. The fourth-order valence-electron chi connectivity index (χ4n) is 2.46. The summed E-state index contributed by atoms with van der Waals surface area (Å²) in [5.74, 6) is 0. The van der Waals surface area contributed by atoms with E-state index in [4.69, 9.17) is 5.26 Å². The average Bonchev–Trinajstić information content (AvgIpc) is 2.75. The van der Waals surface area contributed by atoms with E-state index in [1.54, 1.807) is 0 Å². The number of hydrogen-bond acceptors (Lipinski definition) is 3. The van der Waals surface area contributed by atoms with Crippen LogP contribution in [0.4, 0.5) is 0 Å². The second-order valence-electron chi connectivity index (χ2n) is 5.31. The van der Waals surface area contributed by atoms with Gasteiger partial charge in [0, 0.05) is 25.8 Å². The fourth-order valence-corrected chi connectivity index (χ4v) is 2.46. The number of aryl methyl sites for hydroxylation is 1. The number of benzene rings is 1. The van der Waals surface area contributed by atoms with Crippen LogP contribution in [-0.4, -0.2) is 16.2 Å². The maximum Gasteiger partial charge on any atom is 0.120 e. The molecule has 2 rings (SSSR count). The summed E-state index contributed by atoms with van der Waals surface area (Å²) in [7, 11) is 1.89. The number of nitrogens with one attached hydrogen (secondary N) is 1. The molecule has 0 aliphatic heterocycles. The van der Waals surface area contributed by atoms with Crippen LogP contribution >= 0.6 is 0 Å². The Balaban J connectivity index is 1.96. The highest BCUT2D eigenvalue weighted by molar-refractivity contribution is 5.34. The lowest BCUT2D eigenvalue weighted by atomic mass is 10.0. The van der Waals surface area contributed by atoms with E-state index >= 15 is 0 Å². The van der Waals surface area contributed by atoms with Crippen LogP contribution in [0.25, 0.3) is 0 Å². The molecule has 2 aromatic rings. The second kappa shape index (κ2) is 6.57. The summed E-state index contributed by atoms with van der Waals surface area (Å²) in [4.78, 5) is 0. The summed E-state index contributed by atoms with van der Waals surface area (Å²) in [6, 6.07) is 11.9. The number of aromatic nitrogens is 1. The third kappa shape index (κ3) is 3.33. The molecule has 0 aliphatic rings. The van der Waals surface area contributed by atoms with Gasteiger partial charge < -0.3 is 15.0 Å². The first kappa shape index (κ1) is 15.3. The molecule has 0 saturated heterocycles. The maximum atomic E-state index is 10.2. The molecule has 0 amide bonds. The number of aliphatic hydroxyl groups is 1. The molecule has 0 radical (unpaired) electrons. The first-order chi connectivity index (χ1) is 10.0. The molecule has 1 aromatic carbocycles. The summed E-state index contributed by atoms with van der Waals surface area (Å²) in [6.45, 7) is 5.13. The number of aliphatic hydroxyl groups excluding tert-OH is 1. The van der Waals surface area contributed by atoms with Gasteiger partial charge in [0.2, 0.25) is 0 Å². The van der Waals surface area contributed by atoms with Gasteiger partial charge in [-0.2, -0.15) is 5.26 Å². The van der Waals surface area contributed by atoms with E-state index in [2.05, 4.69) is 11.4 Å². The van der Waals surface area contributed by atoms with Crippen molar-refractivity contribution in [2.24, 2.45) is 7.05 Å². The molecule has 1 atom stereocenters. The number of nitriles is 1. The molecule has 0 aliphatic carbocycles. The Bertz CT molecular complexity index is 667. The van der Waals surface area contributed by atoms with E-state index in [9.17, 15) is 5.11 Å². The fraction of sp³-hybridized carbons (Fsp3) is 0.353. The van der Waals surface area contributed by atoms with Crippen LogP contribution in [0, 0.1) is 25.2 Å². The van der Waals surface area contributed by atoms with Gasteiger partial charge in [0.1, 0.15) is 11.8 Å². The molecule has 0 fully saturated rings. The van der Waals surface area contributed by atoms with Crippen molar-refractivity contribution in [1.82, 2.24) is 9.88 Å². The van der Waals surface area contributed by atoms with Gasteiger partial charge >= 0.3 is 0 Å². The summed E-state index contributed by atoms with van der Waals surface area (Å²) < 4.78 is 1.88. The molecule has 1 heterocycles. The van der Waals surface area contributed by atoms with Gasteiger partial charge in [-0.1, -0.05) is 24.3 Å². The van der Waals surface area contributed by atoms with Crippen molar-refractivity contribution in [3.63, 3.8) is 0 Å². The number of rotatable bonds is 5. The van der Waals surface area contributed by atoms with Crippen LogP contribution in [0.3, 0.4) is 0 Å². The second-order valence-corrected chi connectivity index (χ2v) is 5.31. The van der Waals surface area contributed by atoms with E-state index in [1.807, 2.05) is 55.8 Å². The van der Waals surface area contributed by atoms with E-state index < -0.39 is 6.10 Å². The smallest absolute Gasteiger partial charge is 0.120 e. The van der Waals surface area contributed by atoms with Crippen LogP contribution in [0.5, 0.6) is 0 Å². The Morgan fingerprint density at radius 2 is 2.05 bits per heavy atom. The Hall–Kier alpha value is -2.09. The zero-order valence-electron chi connectivity index (χ0n) is 12.7. The topological polar surface area (TPSA) is 61.0 Å². The highest BCUT2D eigenvalue weighted by atomic mass is 16.3. The molecular weight excluding hydrogens is 262 g/mol. The van der Waals surface area contributed by atoms with Gasteiger partial charge in [-0.3, -0.25) is 0 Å². The van der Waals surface area contributed by atoms with Crippen LogP contribution in [0.15, 0.2) is 30.3 Å². The van der Waals surface area contributed by atoms with Gasteiger partial charge in [0.15, 0.2) is 0 Å². The molecular formula is C17H21N3O. The van der Waals surface area contributed by atoms with Gasteiger partial charge in [-0.25, -0.2) is 0 Å². The third-order valence-electron chi connectivity index (χ3n) is 3.96. The molecule has 0 saturated carbocycles. The zero-order chi connectivity index (χ0) is 15.4. The van der Waals surface area contributed by atoms with Crippen molar-refractivity contribution in [2.45, 2.75) is 26.5 Å². The van der Waals surface area contributed by atoms with Gasteiger partial charge in [0.25, 0.3) is 0 Å². The van der Waals surface area contributed by atoms with Crippen LogP contribution < -0.4 is 5.32 Å². The van der Waals surface area contributed by atoms with Crippen molar-refractivity contribution in [2.75, 3.05) is 6.54 Å². The highest BCUT2D eigenvalue weighted by Gasteiger charge is 2.11. The normalized spacial score (nSPS) is 12.1. The average molecular weight is 283 g/mol. The lowest BCUT2D eigenvalue weighted by molar-refractivity contribution is 0.173. The predicted molar refractivity (Wildman–Crippen MR) is 82.7 cm³/mol. The van der Waals surface area contributed by atoms with E-state index in [0.29, 0.717) is 18.8 Å². The molecule has 110 valence electrons. The largest absolute Gasteiger partial charge is 0.387 e. The summed E-state index contributed by atoms with van der Waals surface area (Å²) in [5.41, 5.74) is 4.86. The Labute approximate surface area is 125 Å². The van der Waals surface area contributed by atoms with Gasteiger partial charge in [-0.05, 0) is 36.6 Å². The Morgan fingerprint density at radius 3 is 2.67 bits per heavy atom. The first-order valence-corrected chi connectivity index (χ1v) is 7.04. The first-order valence-electron chi connectivity index (χ1n) is 7.04. The van der Waals surface area contributed by atoms with Crippen LogP contribution in [0.2, 0.25) is 0 Å². The van der Waals surface area contributed by atoms with Crippen LogP contribution in [-0.2, 0) is 13.6 Å². The van der Waals surface area contributed by atoms with Crippen LogP contribution in [0.1, 0.15) is 34.2 Å². The highest BCUT2D eigenvalue weighted by Crippen LogP contribution is 2.17. The molecule has 4 nitrogen and oxygen atoms in total. The van der Waals surface area contributed by atoms with Gasteiger partial charge in [-0.15, -0.1) is 0 Å². The predicted octanol–water partition coefficient (Wildman–Crippen LogP) is 2.34.